The monoisotopic (exact) mass is 247 g/mol. The third kappa shape index (κ3) is 2.66. The highest BCUT2D eigenvalue weighted by molar-refractivity contribution is 5.81. The van der Waals surface area contributed by atoms with Crippen LogP contribution in [-0.4, -0.2) is 29.0 Å². The van der Waals surface area contributed by atoms with Gasteiger partial charge in [-0.25, -0.2) is 0 Å². The van der Waals surface area contributed by atoms with Crippen LogP contribution in [0.25, 0.3) is 0 Å². The number of rotatable bonds is 1. The van der Waals surface area contributed by atoms with E-state index < -0.39 is 0 Å². The van der Waals surface area contributed by atoms with Crippen molar-refractivity contribution >= 4 is 5.91 Å². The van der Waals surface area contributed by atoms with Gasteiger partial charge in [0, 0.05) is 24.4 Å². The molecule has 1 saturated heterocycles. The van der Waals surface area contributed by atoms with Crippen molar-refractivity contribution in [3.8, 4) is 5.75 Å². The number of hydrogen-bond donors (Lipinski definition) is 1. The van der Waals surface area contributed by atoms with E-state index in [-0.39, 0.29) is 11.3 Å². The molecule has 0 radical (unpaired) electrons. The molecule has 1 aromatic rings. The van der Waals surface area contributed by atoms with E-state index in [1.807, 2.05) is 37.8 Å². The first kappa shape index (κ1) is 12.9. The van der Waals surface area contributed by atoms with Crippen molar-refractivity contribution in [1.29, 1.82) is 0 Å². The summed E-state index contributed by atoms with van der Waals surface area (Å²) < 4.78 is 0. The van der Waals surface area contributed by atoms with Crippen LogP contribution in [0.5, 0.6) is 5.75 Å². The van der Waals surface area contributed by atoms with Crippen molar-refractivity contribution in [3.63, 3.8) is 0 Å². The summed E-state index contributed by atoms with van der Waals surface area (Å²) in [4.78, 5) is 14.1. The van der Waals surface area contributed by atoms with Gasteiger partial charge < -0.3 is 10.0 Å². The van der Waals surface area contributed by atoms with Gasteiger partial charge in [0.15, 0.2) is 0 Å². The van der Waals surface area contributed by atoms with E-state index in [1.54, 1.807) is 12.1 Å². The van der Waals surface area contributed by atoms with Crippen LogP contribution >= 0.6 is 0 Å². The average Bonchev–Trinajstić information content (AvgIpc) is 2.75. The van der Waals surface area contributed by atoms with E-state index in [9.17, 15) is 9.90 Å². The fourth-order valence-corrected chi connectivity index (χ4v) is 2.47. The molecule has 0 aliphatic carbocycles. The van der Waals surface area contributed by atoms with Gasteiger partial charge in [0.2, 0.25) is 5.91 Å². The second-order valence-electron chi connectivity index (χ2n) is 6.08. The first-order valence-corrected chi connectivity index (χ1v) is 6.46. The van der Waals surface area contributed by atoms with Crippen LogP contribution in [0, 0.1) is 5.41 Å². The van der Waals surface area contributed by atoms with Crippen LogP contribution in [0.4, 0.5) is 0 Å². The molecule has 0 aromatic heterocycles. The van der Waals surface area contributed by atoms with Crippen LogP contribution in [-0.2, 0) is 4.79 Å². The van der Waals surface area contributed by atoms with E-state index in [0.717, 1.165) is 25.1 Å². The van der Waals surface area contributed by atoms with Crippen molar-refractivity contribution in [1.82, 2.24) is 4.90 Å². The minimum absolute atomic E-state index is 0.213. The Balaban J connectivity index is 2.07. The molecule has 3 heteroatoms. The number of likely N-dealkylation sites (tertiary alicyclic amines) is 1. The predicted octanol–water partition coefficient (Wildman–Crippen LogP) is 2.75. The Hall–Kier alpha value is -1.51. The first-order chi connectivity index (χ1) is 8.38. The summed E-state index contributed by atoms with van der Waals surface area (Å²) in [6.07, 6.45) is 0.977. The number of carbonyl (C=O) groups excluding carboxylic acids is 1. The molecule has 1 aliphatic rings. The van der Waals surface area contributed by atoms with E-state index in [0.29, 0.717) is 11.7 Å². The zero-order chi connectivity index (χ0) is 13.3. The Labute approximate surface area is 108 Å². The molecule has 0 saturated carbocycles. The molecule has 18 heavy (non-hydrogen) atoms. The number of benzene rings is 1. The van der Waals surface area contributed by atoms with Crippen molar-refractivity contribution in [2.75, 3.05) is 13.1 Å². The minimum atomic E-state index is -0.312. The molecule has 1 atom stereocenters. The lowest BCUT2D eigenvalue weighted by molar-refractivity contribution is -0.138. The lowest BCUT2D eigenvalue weighted by Crippen LogP contribution is -2.37. The molecule has 0 spiro atoms. The largest absolute Gasteiger partial charge is 0.508 e. The summed E-state index contributed by atoms with van der Waals surface area (Å²) in [5.74, 6) is 0.863. The van der Waals surface area contributed by atoms with E-state index in [2.05, 4.69) is 0 Å². The van der Waals surface area contributed by atoms with Gasteiger partial charge in [0.05, 0.1) is 0 Å². The maximum atomic E-state index is 12.2. The van der Waals surface area contributed by atoms with Crippen molar-refractivity contribution in [2.24, 2.45) is 5.41 Å². The Bertz CT molecular complexity index is 448. The maximum absolute atomic E-state index is 12.2. The van der Waals surface area contributed by atoms with Gasteiger partial charge in [0.25, 0.3) is 0 Å². The van der Waals surface area contributed by atoms with Crippen LogP contribution in [0.15, 0.2) is 24.3 Å². The predicted molar refractivity (Wildman–Crippen MR) is 71.5 cm³/mol. The van der Waals surface area contributed by atoms with Gasteiger partial charge in [-0.05, 0) is 24.1 Å². The lowest BCUT2D eigenvalue weighted by Gasteiger charge is -2.25. The molecular formula is C15H21NO2. The van der Waals surface area contributed by atoms with E-state index >= 15 is 0 Å². The van der Waals surface area contributed by atoms with Crippen molar-refractivity contribution in [3.05, 3.63) is 29.8 Å². The van der Waals surface area contributed by atoms with Gasteiger partial charge in [0.1, 0.15) is 5.75 Å². The van der Waals surface area contributed by atoms with Gasteiger partial charge >= 0.3 is 0 Å². The highest BCUT2D eigenvalue weighted by Crippen LogP contribution is 2.31. The summed E-state index contributed by atoms with van der Waals surface area (Å²) in [6.45, 7) is 7.45. The third-order valence-corrected chi connectivity index (χ3v) is 3.46. The number of aromatic hydroxyl groups is 1. The van der Waals surface area contributed by atoms with Gasteiger partial charge in [-0.1, -0.05) is 32.9 Å². The lowest BCUT2D eigenvalue weighted by atomic mass is 9.94. The topological polar surface area (TPSA) is 40.5 Å². The van der Waals surface area contributed by atoms with Crippen molar-refractivity contribution < 1.29 is 9.90 Å². The average molecular weight is 247 g/mol. The second-order valence-corrected chi connectivity index (χ2v) is 6.08. The summed E-state index contributed by atoms with van der Waals surface area (Å²) in [5, 5.41) is 9.50. The number of hydrogen-bond acceptors (Lipinski definition) is 2. The number of phenols is 1. The Morgan fingerprint density at radius 3 is 2.72 bits per heavy atom. The van der Waals surface area contributed by atoms with Crippen LogP contribution in [0.2, 0.25) is 0 Å². The quantitative estimate of drug-likeness (QED) is 0.829. The zero-order valence-corrected chi connectivity index (χ0v) is 11.3. The van der Waals surface area contributed by atoms with Crippen LogP contribution in [0.1, 0.15) is 38.7 Å². The Kier molecular flexibility index (Phi) is 3.33. The summed E-state index contributed by atoms with van der Waals surface area (Å²) in [7, 11) is 0. The molecule has 1 fully saturated rings. The fraction of sp³-hybridized carbons (Fsp3) is 0.533. The molecule has 1 unspecified atom stereocenters. The maximum Gasteiger partial charge on any atom is 0.227 e. The number of phenolic OH excluding ortho intramolecular Hbond substituents is 1. The number of carbonyl (C=O) groups is 1. The first-order valence-electron chi connectivity index (χ1n) is 6.46. The summed E-state index contributed by atoms with van der Waals surface area (Å²) >= 11 is 0. The molecule has 1 N–H and O–H groups in total. The third-order valence-electron chi connectivity index (χ3n) is 3.46. The zero-order valence-electron chi connectivity index (χ0n) is 11.3. The molecule has 1 aromatic carbocycles. The Morgan fingerprint density at radius 2 is 2.11 bits per heavy atom. The molecule has 1 heterocycles. The van der Waals surface area contributed by atoms with Gasteiger partial charge in [-0.3, -0.25) is 4.79 Å². The molecule has 1 amide bonds. The van der Waals surface area contributed by atoms with Gasteiger partial charge in [-0.15, -0.1) is 0 Å². The summed E-state index contributed by atoms with van der Waals surface area (Å²) in [6, 6.07) is 7.36. The highest BCUT2D eigenvalue weighted by Gasteiger charge is 2.33. The standard InChI is InChI=1S/C15H21NO2/c1-15(2,3)14(18)16-8-7-12(10-16)11-5-4-6-13(17)9-11/h4-6,9,12,17H,7-8,10H2,1-3H3. The molecule has 3 nitrogen and oxygen atoms in total. The highest BCUT2D eigenvalue weighted by atomic mass is 16.3. The summed E-state index contributed by atoms with van der Waals surface area (Å²) in [5.41, 5.74) is 0.812. The normalized spacial score (nSPS) is 20.2. The Morgan fingerprint density at radius 1 is 1.39 bits per heavy atom. The molecule has 2 rings (SSSR count). The van der Waals surface area contributed by atoms with Gasteiger partial charge in [-0.2, -0.15) is 0 Å². The van der Waals surface area contributed by atoms with E-state index in [4.69, 9.17) is 0 Å². The molecular weight excluding hydrogens is 226 g/mol. The smallest absolute Gasteiger partial charge is 0.227 e. The number of amides is 1. The van der Waals surface area contributed by atoms with Crippen LogP contribution in [0.3, 0.4) is 0 Å². The fourth-order valence-electron chi connectivity index (χ4n) is 2.47. The molecule has 1 aliphatic heterocycles. The molecule has 0 bridgehead atoms. The number of nitrogens with zero attached hydrogens (tertiary/aromatic N) is 1. The van der Waals surface area contributed by atoms with Crippen molar-refractivity contribution in [2.45, 2.75) is 33.1 Å². The minimum Gasteiger partial charge on any atom is -0.508 e. The van der Waals surface area contributed by atoms with Crippen LogP contribution < -0.4 is 0 Å². The van der Waals surface area contributed by atoms with E-state index in [1.165, 1.54) is 0 Å². The second kappa shape index (κ2) is 4.63. The SMILES string of the molecule is CC(C)(C)C(=O)N1CCC(c2cccc(O)c2)C1. The molecule has 98 valence electrons.